The SMILES string of the molecule is CC(=O)C(C[C@H](C(N)=O)N(CC(C)O[C@@H]1[C@@H](N)[C@@H](O)O[C@H](CO)[C@H]1O)C(=O)[C@@H](C)N)C(=O)O. The van der Waals surface area contributed by atoms with Crippen LogP contribution in [0.25, 0.3) is 0 Å². The number of carboxylic acid groups (broad SMARTS) is 1. The number of nitrogens with two attached hydrogens (primary N) is 3. The molecule has 9 atom stereocenters. The molecule has 10 N–H and O–H groups in total. The van der Waals surface area contributed by atoms with Crippen molar-refractivity contribution >= 4 is 23.6 Å². The predicted octanol–water partition coefficient (Wildman–Crippen LogP) is -4.13. The van der Waals surface area contributed by atoms with Crippen LogP contribution in [0.1, 0.15) is 27.2 Å². The summed E-state index contributed by atoms with van der Waals surface area (Å²) in [6, 6.07) is -3.80. The lowest BCUT2D eigenvalue weighted by atomic mass is 9.94. The molecule has 0 saturated carbocycles. The normalized spacial score (nSPS) is 28.9. The van der Waals surface area contributed by atoms with Crippen LogP contribution in [-0.4, -0.2) is 111 Å². The standard InChI is InChI=1S/C19H34N4O10/c1-7(32-15-13(21)19(31)33-12(6-24)14(15)26)5-23(17(28)8(2)20)11(16(22)27)4-10(9(3)25)18(29)30/h7-8,10-15,19,24,26,31H,4-6,20-21H2,1-3H3,(H2,22,27)(H,29,30)/t7?,8-,10?,11-,12-,13-,14-,15-,19+/m1/s1. The molecule has 2 amide bonds. The van der Waals surface area contributed by atoms with Crippen molar-refractivity contribution in [3.63, 3.8) is 0 Å². The van der Waals surface area contributed by atoms with Gasteiger partial charge in [-0.25, -0.2) is 0 Å². The smallest absolute Gasteiger partial charge is 0.314 e. The molecule has 1 aliphatic rings. The Morgan fingerprint density at radius 3 is 2.18 bits per heavy atom. The number of Topliss-reactive ketones (excluding diaryl/α,β-unsaturated/α-hetero) is 1. The molecule has 0 aliphatic carbocycles. The summed E-state index contributed by atoms with van der Waals surface area (Å²) in [5.41, 5.74) is 16.9. The minimum atomic E-state index is -1.59. The van der Waals surface area contributed by atoms with Crippen LogP contribution in [0.4, 0.5) is 0 Å². The first kappa shape index (κ1) is 28.8. The van der Waals surface area contributed by atoms with Gasteiger partial charge in [0.25, 0.3) is 0 Å². The number of primary amides is 1. The number of carboxylic acids is 1. The molecule has 1 heterocycles. The molecule has 1 rings (SSSR count). The lowest BCUT2D eigenvalue weighted by Gasteiger charge is -2.42. The van der Waals surface area contributed by atoms with Crippen molar-refractivity contribution in [2.45, 2.75) is 76.0 Å². The Labute approximate surface area is 190 Å². The summed E-state index contributed by atoms with van der Waals surface area (Å²) in [7, 11) is 0. The number of aliphatic hydroxyl groups is 3. The Morgan fingerprint density at radius 2 is 1.76 bits per heavy atom. The summed E-state index contributed by atoms with van der Waals surface area (Å²) >= 11 is 0. The second kappa shape index (κ2) is 12.3. The fourth-order valence-corrected chi connectivity index (χ4v) is 3.56. The van der Waals surface area contributed by atoms with Gasteiger partial charge in [-0.05, 0) is 27.2 Å². The lowest BCUT2D eigenvalue weighted by molar-refractivity contribution is -0.263. The summed E-state index contributed by atoms with van der Waals surface area (Å²) < 4.78 is 10.7. The zero-order valence-corrected chi connectivity index (χ0v) is 18.7. The van der Waals surface area contributed by atoms with E-state index in [-0.39, 0.29) is 6.54 Å². The van der Waals surface area contributed by atoms with Crippen molar-refractivity contribution in [2.24, 2.45) is 23.1 Å². The van der Waals surface area contributed by atoms with Gasteiger partial charge < -0.3 is 52.0 Å². The maximum Gasteiger partial charge on any atom is 0.314 e. The highest BCUT2D eigenvalue weighted by molar-refractivity contribution is 5.98. The highest BCUT2D eigenvalue weighted by atomic mass is 16.6. The van der Waals surface area contributed by atoms with Crippen molar-refractivity contribution in [1.29, 1.82) is 0 Å². The second-order valence-corrected chi connectivity index (χ2v) is 8.16. The monoisotopic (exact) mass is 478 g/mol. The van der Waals surface area contributed by atoms with E-state index in [0.29, 0.717) is 0 Å². The van der Waals surface area contributed by atoms with E-state index >= 15 is 0 Å². The molecule has 0 spiro atoms. The number of ketones is 1. The first-order valence-corrected chi connectivity index (χ1v) is 10.3. The highest BCUT2D eigenvalue weighted by Gasteiger charge is 2.45. The number of hydrogen-bond acceptors (Lipinski definition) is 11. The molecule has 14 heteroatoms. The molecule has 0 aromatic heterocycles. The van der Waals surface area contributed by atoms with Gasteiger partial charge in [-0.1, -0.05) is 0 Å². The first-order valence-electron chi connectivity index (χ1n) is 10.3. The molecule has 0 aromatic carbocycles. The van der Waals surface area contributed by atoms with E-state index in [1.807, 2.05) is 0 Å². The lowest BCUT2D eigenvalue weighted by Crippen LogP contribution is -2.64. The zero-order chi connectivity index (χ0) is 25.6. The Bertz CT molecular complexity index is 707. The van der Waals surface area contributed by atoms with Gasteiger partial charge in [0, 0.05) is 6.54 Å². The number of ether oxygens (including phenoxy) is 2. The summed E-state index contributed by atoms with van der Waals surface area (Å²) in [5, 5.41) is 38.9. The van der Waals surface area contributed by atoms with Crippen LogP contribution >= 0.6 is 0 Å². The molecule has 14 nitrogen and oxygen atoms in total. The summed E-state index contributed by atoms with van der Waals surface area (Å²) in [6.07, 6.45) is -6.88. The first-order chi connectivity index (χ1) is 15.2. The summed E-state index contributed by atoms with van der Waals surface area (Å²) in [6.45, 7) is 2.89. The topological polar surface area (TPSA) is 249 Å². The molecular formula is C19H34N4O10. The van der Waals surface area contributed by atoms with Crippen LogP contribution in [0.3, 0.4) is 0 Å². The van der Waals surface area contributed by atoms with E-state index in [9.17, 15) is 39.6 Å². The van der Waals surface area contributed by atoms with Crippen molar-refractivity contribution in [3.8, 4) is 0 Å². The van der Waals surface area contributed by atoms with E-state index in [1.165, 1.54) is 13.8 Å². The Morgan fingerprint density at radius 1 is 1.18 bits per heavy atom. The van der Waals surface area contributed by atoms with E-state index in [4.69, 9.17) is 26.7 Å². The average molecular weight is 478 g/mol. The predicted molar refractivity (Wildman–Crippen MR) is 111 cm³/mol. The van der Waals surface area contributed by atoms with Crippen LogP contribution in [0.15, 0.2) is 0 Å². The van der Waals surface area contributed by atoms with Crippen LogP contribution < -0.4 is 17.2 Å². The maximum absolute atomic E-state index is 12.8. The van der Waals surface area contributed by atoms with Gasteiger partial charge in [0.15, 0.2) is 6.29 Å². The van der Waals surface area contributed by atoms with Gasteiger partial charge in [-0.3, -0.25) is 19.2 Å². The number of carbonyl (C=O) groups is 4. The minimum Gasteiger partial charge on any atom is -0.481 e. The van der Waals surface area contributed by atoms with Gasteiger partial charge >= 0.3 is 5.97 Å². The molecule has 1 saturated heterocycles. The number of aliphatic carboxylic acids is 1. The molecule has 0 aromatic rings. The van der Waals surface area contributed by atoms with Crippen LogP contribution in [-0.2, 0) is 28.7 Å². The second-order valence-electron chi connectivity index (χ2n) is 8.16. The molecule has 190 valence electrons. The molecular weight excluding hydrogens is 444 g/mol. The minimum absolute atomic E-state index is 0.338. The molecule has 1 fully saturated rings. The molecule has 0 bridgehead atoms. The number of hydrogen-bond donors (Lipinski definition) is 7. The van der Waals surface area contributed by atoms with E-state index < -0.39 is 91.3 Å². The number of carbonyl (C=O) groups excluding carboxylic acids is 3. The fraction of sp³-hybridized carbons (Fsp3) is 0.789. The van der Waals surface area contributed by atoms with E-state index in [1.54, 1.807) is 0 Å². The zero-order valence-electron chi connectivity index (χ0n) is 18.7. The molecule has 2 unspecified atom stereocenters. The van der Waals surface area contributed by atoms with E-state index in [2.05, 4.69) is 0 Å². The third-order valence-corrected chi connectivity index (χ3v) is 5.39. The van der Waals surface area contributed by atoms with Gasteiger partial charge in [0.1, 0.15) is 36.1 Å². The molecule has 0 radical (unpaired) electrons. The van der Waals surface area contributed by atoms with Gasteiger partial charge in [0.2, 0.25) is 11.8 Å². The van der Waals surface area contributed by atoms with Crippen molar-refractivity contribution < 1.29 is 49.1 Å². The van der Waals surface area contributed by atoms with Crippen molar-refractivity contribution in [2.75, 3.05) is 13.2 Å². The number of nitrogens with zero attached hydrogens (tertiary/aromatic N) is 1. The quantitative estimate of drug-likeness (QED) is 0.132. The van der Waals surface area contributed by atoms with Crippen molar-refractivity contribution in [3.05, 3.63) is 0 Å². The van der Waals surface area contributed by atoms with E-state index in [0.717, 1.165) is 11.8 Å². The number of amides is 2. The maximum atomic E-state index is 12.8. The van der Waals surface area contributed by atoms with Crippen LogP contribution in [0, 0.1) is 5.92 Å². The van der Waals surface area contributed by atoms with Gasteiger partial charge in [0.05, 0.1) is 24.8 Å². The third-order valence-electron chi connectivity index (χ3n) is 5.39. The third kappa shape index (κ3) is 7.40. The highest BCUT2D eigenvalue weighted by Crippen LogP contribution is 2.23. The molecule has 1 aliphatic heterocycles. The van der Waals surface area contributed by atoms with Crippen molar-refractivity contribution in [1.82, 2.24) is 4.90 Å². The Balaban J connectivity index is 3.15. The van der Waals surface area contributed by atoms with Crippen LogP contribution in [0.5, 0.6) is 0 Å². The largest absolute Gasteiger partial charge is 0.481 e. The van der Waals surface area contributed by atoms with Gasteiger partial charge in [-0.15, -0.1) is 0 Å². The average Bonchev–Trinajstić information content (AvgIpc) is 2.71. The molecule has 33 heavy (non-hydrogen) atoms. The van der Waals surface area contributed by atoms with Gasteiger partial charge in [-0.2, -0.15) is 0 Å². The summed E-state index contributed by atoms with van der Waals surface area (Å²) in [5.74, 6) is -5.61. The Kier molecular flexibility index (Phi) is 10.8. The number of aliphatic hydroxyl groups excluding tert-OH is 3. The number of rotatable bonds is 12. The van der Waals surface area contributed by atoms with Crippen LogP contribution in [0.2, 0.25) is 0 Å². The fourth-order valence-electron chi connectivity index (χ4n) is 3.56. The summed E-state index contributed by atoms with van der Waals surface area (Å²) in [4.78, 5) is 49.0. The Hall–Kier alpha value is -2.20.